The molecule has 0 saturated heterocycles. The predicted octanol–water partition coefficient (Wildman–Crippen LogP) is 3.24. The minimum absolute atomic E-state index is 0. The van der Waals surface area contributed by atoms with Gasteiger partial charge in [0.05, 0.1) is 0 Å². The van der Waals surface area contributed by atoms with Crippen LogP contribution in [0.4, 0.5) is 0 Å². The van der Waals surface area contributed by atoms with E-state index in [2.05, 4.69) is 34.6 Å². The maximum atomic E-state index is 7.57. The van der Waals surface area contributed by atoms with Crippen LogP contribution in [0.3, 0.4) is 0 Å². The van der Waals surface area contributed by atoms with Gasteiger partial charge >= 0.3 is 21.7 Å². The molecule has 0 bridgehead atoms. The topological polar surface area (TPSA) is 20.2 Å². The van der Waals surface area contributed by atoms with E-state index in [4.69, 9.17) is 5.11 Å². The SMILES string of the molecule is CCO.C[C-](C)C.[CH2-]CCC.[Ti+2]. The molecule has 0 aliphatic heterocycles. The molecular formula is C10H24OTi. The van der Waals surface area contributed by atoms with Crippen LogP contribution in [0.5, 0.6) is 0 Å². The Morgan fingerprint density at radius 2 is 1.25 bits per heavy atom. The van der Waals surface area contributed by atoms with Crippen molar-refractivity contribution in [3.05, 3.63) is 12.8 Å². The molecule has 0 amide bonds. The Labute approximate surface area is 93.8 Å². The summed E-state index contributed by atoms with van der Waals surface area (Å²) in [5.74, 6) is 1.42. The summed E-state index contributed by atoms with van der Waals surface area (Å²) in [5, 5.41) is 7.57. The molecule has 74 valence electrons. The summed E-state index contributed by atoms with van der Waals surface area (Å²) in [6.45, 7) is 13.9. The van der Waals surface area contributed by atoms with Gasteiger partial charge < -0.3 is 17.9 Å². The fourth-order valence-corrected chi connectivity index (χ4v) is 0. The second-order valence-electron chi connectivity index (χ2n) is 2.67. The van der Waals surface area contributed by atoms with E-state index in [0.29, 0.717) is 0 Å². The molecule has 0 atom stereocenters. The summed E-state index contributed by atoms with van der Waals surface area (Å²) in [6, 6.07) is 0. The Bertz CT molecular complexity index is 34.1. The molecule has 0 aromatic heterocycles. The van der Waals surface area contributed by atoms with E-state index in [1.165, 1.54) is 12.3 Å². The zero-order valence-corrected chi connectivity index (χ0v) is 10.8. The molecule has 0 spiro atoms. The summed E-state index contributed by atoms with van der Waals surface area (Å²) in [7, 11) is 0. The first kappa shape index (κ1) is 23.0. The van der Waals surface area contributed by atoms with E-state index in [1.54, 1.807) is 6.92 Å². The predicted molar refractivity (Wildman–Crippen MR) is 53.3 cm³/mol. The second-order valence-corrected chi connectivity index (χ2v) is 2.67. The number of hydrogen-bond donors (Lipinski definition) is 1. The van der Waals surface area contributed by atoms with Crippen molar-refractivity contribution in [3.8, 4) is 0 Å². The van der Waals surface area contributed by atoms with Crippen molar-refractivity contribution >= 4 is 0 Å². The van der Waals surface area contributed by atoms with Crippen molar-refractivity contribution < 1.29 is 26.8 Å². The van der Waals surface area contributed by atoms with Crippen molar-refractivity contribution in [3.63, 3.8) is 0 Å². The van der Waals surface area contributed by atoms with E-state index < -0.39 is 0 Å². The number of hydrogen-bond acceptors (Lipinski definition) is 1. The van der Waals surface area contributed by atoms with Crippen LogP contribution in [0.15, 0.2) is 0 Å². The molecule has 2 heteroatoms. The van der Waals surface area contributed by atoms with Gasteiger partial charge in [0.15, 0.2) is 0 Å². The molecule has 0 aromatic rings. The van der Waals surface area contributed by atoms with Gasteiger partial charge in [-0.05, 0) is 6.92 Å². The van der Waals surface area contributed by atoms with Gasteiger partial charge in [-0.2, -0.15) is 27.2 Å². The van der Waals surface area contributed by atoms with E-state index in [9.17, 15) is 0 Å². The Morgan fingerprint density at radius 1 is 1.17 bits per heavy atom. The minimum atomic E-state index is 0. The first-order chi connectivity index (χ1) is 5.06. The van der Waals surface area contributed by atoms with Gasteiger partial charge in [-0.1, -0.05) is 13.3 Å². The molecule has 0 aliphatic carbocycles. The van der Waals surface area contributed by atoms with Crippen molar-refractivity contribution in [2.45, 2.75) is 47.5 Å². The van der Waals surface area contributed by atoms with Crippen LogP contribution >= 0.6 is 0 Å². The number of aliphatic hydroxyl groups is 1. The molecular weight excluding hydrogens is 184 g/mol. The molecule has 0 fully saturated rings. The van der Waals surface area contributed by atoms with Gasteiger partial charge in [-0.25, -0.2) is 0 Å². The molecule has 12 heavy (non-hydrogen) atoms. The van der Waals surface area contributed by atoms with Gasteiger partial charge in [0, 0.05) is 6.61 Å². The number of unbranched alkanes of at least 4 members (excludes halogenated alkanes) is 1. The second kappa shape index (κ2) is 29.9. The summed E-state index contributed by atoms with van der Waals surface area (Å²) < 4.78 is 0. The van der Waals surface area contributed by atoms with Crippen LogP contribution in [0.25, 0.3) is 0 Å². The number of aliphatic hydroxyl groups excluding tert-OH is 1. The van der Waals surface area contributed by atoms with E-state index in [1.807, 2.05) is 0 Å². The van der Waals surface area contributed by atoms with Crippen LogP contribution in [-0.4, -0.2) is 11.7 Å². The van der Waals surface area contributed by atoms with Crippen LogP contribution in [0, 0.1) is 12.8 Å². The Hall–Kier alpha value is 0.674. The third-order valence-corrected chi connectivity index (χ3v) is 0.354. The van der Waals surface area contributed by atoms with Crippen LogP contribution < -0.4 is 0 Å². The fourth-order valence-electron chi connectivity index (χ4n) is 0. The van der Waals surface area contributed by atoms with Crippen molar-refractivity contribution in [1.29, 1.82) is 0 Å². The maximum Gasteiger partial charge on any atom is 2.00 e. The molecule has 1 nitrogen and oxygen atoms in total. The zero-order valence-electron chi connectivity index (χ0n) is 9.28. The largest absolute Gasteiger partial charge is 2.00 e. The maximum absolute atomic E-state index is 7.57. The molecule has 0 heterocycles. The molecule has 0 aliphatic rings. The van der Waals surface area contributed by atoms with Gasteiger partial charge in [0.25, 0.3) is 0 Å². The van der Waals surface area contributed by atoms with E-state index in [0.717, 1.165) is 6.42 Å². The third kappa shape index (κ3) is 356. The van der Waals surface area contributed by atoms with Gasteiger partial charge in [0.2, 0.25) is 0 Å². The van der Waals surface area contributed by atoms with Gasteiger partial charge in [-0.3, -0.25) is 0 Å². The van der Waals surface area contributed by atoms with Crippen molar-refractivity contribution in [2.24, 2.45) is 0 Å². The first-order valence-corrected chi connectivity index (χ1v) is 4.23. The average Bonchev–Trinajstić information content (AvgIpc) is 1.88. The summed E-state index contributed by atoms with van der Waals surface area (Å²) in [4.78, 5) is 0. The van der Waals surface area contributed by atoms with Crippen LogP contribution in [0.2, 0.25) is 0 Å². The monoisotopic (exact) mass is 208 g/mol. The fraction of sp³-hybridized carbons (Fsp3) is 0.800. The molecule has 0 unspecified atom stereocenters. The molecule has 0 rings (SSSR count). The van der Waals surface area contributed by atoms with Crippen LogP contribution in [-0.2, 0) is 21.7 Å². The van der Waals surface area contributed by atoms with Crippen molar-refractivity contribution in [2.75, 3.05) is 6.61 Å². The first-order valence-electron chi connectivity index (χ1n) is 4.23. The smallest absolute Gasteiger partial charge is 0.397 e. The molecule has 0 radical (unpaired) electrons. The third-order valence-electron chi connectivity index (χ3n) is 0.354. The zero-order chi connectivity index (χ0) is 9.70. The molecule has 0 aromatic carbocycles. The standard InChI is InChI=1S/2C4H9.C2H6O.Ti/c1-4(2)3;1-3-4-2;1-2-3;/h1-3H3;1,3-4H2,2H3;3H,2H2,1H3;/q2*-1;;+2. The van der Waals surface area contributed by atoms with Gasteiger partial charge in [-0.15, -0.1) is 0 Å². The normalized spacial score (nSPS) is 7.00. The Balaban J connectivity index is -0.0000000389. The Kier molecular flexibility index (Phi) is 57.1. The summed E-state index contributed by atoms with van der Waals surface area (Å²) in [6.07, 6.45) is 2.28. The number of rotatable bonds is 1. The van der Waals surface area contributed by atoms with Crippen LogP contribution in [0.1, 0.15) is 47.5 Å². The summed E-state index contributed by atoms with van der Waals surface area (Å²) >= 11 is 0. The average molecular weight is 208 g/mol. The Morgan fingerprint density at radius 3 is 1.25 bits per heavy atom. The molecule has 0 saturated carbocycles. The van der Waals surface area contributed by atoms with E-state index in [-0.39, 0.29) is 28.3 Å². The quantitative estimate of drug-likeness (QED) is 0.518. The van der Waals surface area contributed by atoms with Gasteiger partial charge in [0.1, 0.15) is 0 Å². The minimum Gasteiger partial charge on any atom is -0.397 e. The van der Waals surface area contributed by atoms with Crippen molar-refractivity contribution in [1.82, 2.24) is 0 Å². The summed E-state index contributed by atoms with van der Waals surface area (Å²) in [5.41, 5.74) is 0. The van der Waals surface area contributed by atoms with E-state index >= 15 is 0 Å². The molecule has 1 N–H and O–H groups in total.